The van der Waals surface area contributed by atoms with Gasteiger partial charge >= 0.3 is 0 Å². The first kappa shape index (κ1) is 20.9. The van der Waals surface area contributed by atoms with Crippen LogP contribution in [0.2, 0.25) is 0 Å². The summed E-state index contributed by atoms with van der Waals surface area (Å²) in [4.78, 5) is 12.1. The molecule has 0 aliphatic rings. The van der Waals surface area contributed by atoms with Crippen molar-refractivity contribution in [3.63, 3.8) is 0 Å². The summed E-state index contributed by atoms with van der Waals surface area (Å²) in [5.74, 6) is -0.102. The minimum absolute atomic E-state index is 0. The third kappa shape index (κ3) is 6.34. The highest BCUT2D eigenvalue weighted by Crippen LogP contribution is 2.10. The number of halogens is 1. The van der Waals surface area contributed by atoms with E-state index in [1.807, 2.05) is 13.8 Å². The van der Waals surface area contributed by atoms with Gasteiger partial charge in [-0.05, 0) is 24.5 Å². The number of carbonyl (C=O) groups excluding carboxylic acids is 1. The van der Waals surface area contributed by atoms with Crippen LogP contribution < -0.4 is 11.1 Å². The van der Waals surface area contributed by atoms with Crippen molar-refractivity contribution in [2.45, 2.75) is 37.6 Å². The fraction of sp³-hybridized carbons (Fsp3) is 0.533. The van der Waals surface area contributed by atoms with Crippen LogP contribution in [0.3, 0.4) is 0 Å². The minimum atomic E-state index is -3.28. The Morgan fingerprint density at radius 2 is 1.86 bits per heavy atom. The Labute approximate surface area is 139 Å². The van der Waals surface area contributed by atoms with E-state index in [9.17, 15) is 13.2 Å². The van der Waals surface area contributed by atoms with Gasteiger partial charge in [-0.3, -0.25) is 4.79 Å². The lowest BCUT2D eigenvalue weighted by molar-refractivity contribution is -0.123. The average Bonchev–Trinajstić information content (AvgIpc) is 2.50. The summed E-state index contributed by atoms with van der Waals surface area (Å²) in [5, 5.41) is 2.69. The van der Waals surface area contributed by atoms with E-state index in [1.54, 1.807) is 30.3 Å². The van der Waals surface area contributed by atoms with Crippen molar-refractivity contribution in [2.75, 3.05) is 12.3 Å². The van der Waals surface area contributed by atoms with Crippen LogP contribution in [0, 0.1) is 5.92 Å². The summed E-state index contributed by atoms with van der Waals surface area (Å²) in [6, 6.07) is 7.77. The Bertz CT molecular complexity index is 549. The van der Waals surface area contributed by atoms with E-state index in [2.05, 4.69) is 5.32 Å². The maximum Gasteiger partial charge on any atom is 0.237 e. The van der Waals surface area contributed by atoms with E-state index in [4.69, 9.17) is 5.73 Å². The molecule has 0 heterocycles. The molecule has 7 heteroatoms. The second-order valence-corrected chi connectivity index (χ2v) is 7.30. The number of hydrogen-bond acceptors (Lipinski definition) is 4. The van der Waals surface area contributed by atoms with Crippen LogP contribution in [0.15, 0.2) is 35.2 Å². The maximum atomic E-state index is 12.0. The quantitative estimate of drug-likeness (QED) is 0.700. The number of sulfone groups is 1. The van der Waals surface area contributed by atoms with Gasteiger partial charge in [-0.1, -0.05) is 38.5 Å². The van der Waals surface area contributed by atoms with Gasteiger partial charge in [-0.25, -0.2) is 8.42 Å². The SMILES string of the molecule is CCC(C)C(N)C(=O)NCCCS(=O)(=O)c1ccccc1.Cl. The van der Waals surface area contributed by atoms with Crippen LogP contribution in [-0.4, -0.2) is 32.7 Å². The van der Waals surface area contributed by atoms with Crippen molar-refractivity contribution < 1.29 is 13.2 Å². The van der Waals surface area contributed by atoms with E-state index in [0.717, 1.165) is 6.42 Å². The van der Waals surface area contributed by atoms with E-state index in [1.165, 1.54) is 0 Å². The zero-order valence-corrected chi connectivity index (χ0v) is 14.6. The van der Waals surface area contributed by atoms with Gasteiger partial charge in [0.05, 0.1) is 16.7 Å². The molecule has 1 amide bonds. The van der Waals surface area contributed by atoms with Gasteiger partial charge < -0.3 is 11.1 Å². The second kappa shape index (κ2) is 9.82. The molecule has 0 aliphatic heterocycles. The number of benzene rings is 1. The van der Waals surface area contributed by atoms with Gasteiger partial charge in [0.1, 0.15) is 0 Å². The zero-order chi connectivity index (χ0) is 15.9. The number of carbonyl (C=O) groups is 1. The van der Waals surface area contributed by atoms with Crippen LogP contribution in [0.25, 0.3) is 0 Å². The van der Waals surface area contributed by atoms with Crippen molar-refractivity contribution in [2.24, 2.45) is 11.7 Å². The first-order chi connectivity index (χ1) is 9.88. The first-order valence-corrected chi connectivity index (χ1v) is 8.84. The van der Waals surface area contributed by atoms with Crippen LogP contribution in [-0.2, 0) is 14.6 Å². The van der Waals surface area contributed by atoms with Gasteiger partial charge in [0.15, 0.2) is 9.84 Å². The highest BCUT2D eigenvalue weighted by Gasteiger charge is 2.19. The molecule has 0 radical (unpaired) electrons. The molecule has 2 atom stereocenters. The topological polar surface area (TPSA) is 89.3 Å². The normalized spacial score (nSPS) is 13.8. The summed E-state index contributed by atoms with van der Waals surface area (Å²) in [5.41, 5.74) is 5.80. The third-order valence-electron chi connectivity index (χ3n) is 3.55. The van der Waals surface area contributed by atoms with Crippen LogP contribution in [0.1, 0.15) is 26.7 Å². The molecule has 126 valence electrons. The lowest BCUT2D eigenvalue weighted by Gasteiger charge is -2.17. The first-order valence-electron chi connectivity index (χ1n) is 7.19. The van der Waals surface area contributed by atoms with Gasteiger partial charge in [-0.2, -0.15) is 0 Å². The molecule has 22 heavy (non-hydrogen) atoms. The summed E-state index contributed by atoms with van der Waals surface area (Å²) in [6.07, 6.45) is 1.20. The van der Waals surface area contributed by atoms with Crippen molar-refractivity contribution in [1.82, 2.24) is 5.32 Å². The molecule has 2 unspecified atom stereocenters. The van der Waals surface area contributed by atoms with E-state index in [0.29, 0.717) is 17.9 Å². The standard InChI is InChI=1S/C15H24N2O3S.ClH/c1-3-12(2)14(16)15(18)17-10-7-11-21(19,20)13-8-5-4-6-9-13;/h4-6,8-9,12,14H,3,7,10-11,16H2,1-2H3,(H,17,18);1H. The molecule has 5 nitrogen and oxygen atoms in total. The van der Waals surface area contributed by atoms with Crippen molar-refractivity contribution in [3.05, 3.63) is 30.3 Å². The molecular weight excluding hydrogens is 324 g/mol. The van der Waals surface area contributed by atoms with Crippen LogP contribution in [0.5, 0.6) is 0 Å². The Hall–Kier alpha value is -1.11. The van der Waals surface area contributed by atoms with Gasteiger partial charge in [-0.15, -0.1) is 12.4 Å². The number of hydrogen-bond donors (Lipinski definition) is 2. The van der Waals surface area contributed by atoms with Crippen LogP contribution in [0.4, 0.5) is 0 Å². The molecular formula is C15H25ClN2O3S. The molecule has 0 aromatic heterocycles. The monoisotopic (exact) mass is 348 g/mol. The molecule has 1 rings (SSSR count). The summed E-state index contributed by atoms with van der Waals surface area (Å²) in [6.45, 7) is 4.21. The predicted molar refractivity (Wildman–Crippen MR) is 90.8 cm³/mol. The molecule has 0 spiro atoms. The van der Waals surface area contributed by atoms with Gasteiger partial charge in [0.25, 0.3) is 0 Å². The second-order valence-electron chi connectivity index (χ2n) is 5.19. The lowest BCUT2D eigenvalue weighted by atomic mass is 9.99. The Kier molecular flexibility index (Phi) is 9.32. The third-order valence-corrected chi connectivity index (χ3v) is 5.37. The van der Waals surface area contributed by atoms with E-state index in [-0.39, 0.29) is 30.0 Å². The summed E-state index contributed by atoms with van der Waals surface area (Å²) < 4.78 is 24.1. The maximum absolute atomic E-state index is 12.0. The van der Waals surface area contributed by atoms with E-state index < -0.39 is 15.9 Å². The molecule has 1 aromatic carbocycles. The van der Waals surface area contributed by atoms with Gasteiger partial charge in [0, 0.05) is 6.54 Å². The Morgan fingerprint density at radius 1 is 1.27 bits per heavy atom. The highest BCUT2D eigenvalue weighted by atomic mass is 35.5. The molecule has 3 N–H and O–H groups in total. The lowest BCUT2D eigenvalue weighted by Crippen LogP contribution is -2.45. The van der Waals surface area contributed by atoms with Crippen molar-refractivity contribution in [3.8, 4) is 0 Å². The molecule has 0 aliphatic carbocycles. The van der Waals surface area contributed by atoms with Crippen molar-refractivity contribution >= 4 is 28.2 Å². The highest BCUT2D eigenvalue weighted by molar-refractivity contribution is 7.91. The Morgan fingerprint density at radius 3 is 2.41 bits per heavy atom. The number of nitrogens with two attached hydrogens (primary N) is 1. The van der Waals surface area contributed by atoms with Crippen LogP contribution >= 0.6 is 12.4 Å². The zero-order valence-electron chi connectivity index (χ0n) is 13.0. The number of amides is 1. The molecule has 0 fully saturated rings. The average molecular weight is 349 g/mol. The molecule has 1 aromatic rings. The Balaban J connectivity index is 0.00000441. The molecule has 0 bridgehead atoms. The van der Waals surface area contributed by atoms with Crippen molar-refractivity contribution in [1.29, 1.82) is 0 Å². The summed E-state index contributed by atoms with van der Waals surface area (Å²) in [7, 11) is -3.28. The molecule has 0 saturated carbocycles. The minimum Gasteiger partial charge on any atom is -0.355 e. The fourth-order valence-corrected chi connectivity index (χ4v) is 3.18. The largest absolute Gasteiger partial charge is 0.355 e. The number of nitrogens with one attached hydrogen (secondary N) is 1. The van der Waals surface area contributed by atoms with E-state index >= 15 is 0 Å². The smallest absolute Gasteiger partial charge is 0.237 e. The fourth-order valence-electron chi connectivity index (χ4n) is 1.85. The predicted octanol–water partition coefficient (Wildman–Crippen LogP) is 1.76. The number of rotatable bonds is 8. The van der Waals surface area contributed by atoms with Gasteiger partial charge in [0.2, 0.25) is 5.91 Å². The molecule has 0 saturated heterocycles. The summed E-state index contributed by atoms with van der Waals surface area (Å²) >= 11 is 0.